The van der Waals surface area contributed by atoms with Crippen molar-refractivity contribution in [2.75, 3.05) is 17.7 Å². The van der Waals surface area contributed by atoms with E-state index >= 15 is 0 Å². The van der Waals surface area contributed by atoms with Gasteiger partial charge in [-0.1, -0.05) is 19.9 Å². The molecule has 0 saturated carbocycles. The van der Waals surface area contributed by atoms with Gasteiger partial charge in [-0.05, 0) is 38.0 Å². The second-order valence-corrected chi connectivity index (χ2v) is 8.24. The quantitative estimate of drug-likeness (QED) is 0.647. The number of aromatic amines is 1. The van der Waals surface area contributed by atoms with Crippen LogP contribution in [0, 0.1) is 0 Å². The zero-order chi connectivity index (χ0) is 20.8. The number of fused-ring (bicyclic) bond motifs is 1. The molecule has 7 nitrogen and oxygen atoms in total. The van der Waals surface area contributed by atoms with Crippen molar-refractivity contribution in [3.05, 3.63) is 35.5 Å². The van der Waals surface area contributed by atoms with Crippen LogP contribution >= 0.6 is 11.8 Å². The smallest absolute Gasteiger partial charge is 0.407 e. The van der Waals surface area contributed by atoms with Gasteiger partial charge in [0.15, 0.2) is 5.82 Å². The number of nitrogens with one attached hydrogen (secondary N) is 3. The SMILES string of the molecule is CC.CC(C)NC(=O)OC1COC(c2cc(Nc3cccc4c3CCS4)n[nH]2)C1. The monoisotopic (exact) mass is 418 g/mol. The number of carbonyl (C=O) groups excluding carboxylic acids is 1. The molecule has 3 N–H and O–H groups in total. The Morgan fingerprint density at radius 3 is 3.00 bits per heavy atom. The van der Waals surface area contributed by atoms with E-state index in [0.29, 0.717) is 13.0 Å². The summed E-state index contributed by atoms with van der Waals surface area (Å²) in [5.74, 6) is 1.89. The van der Waals surface area contributed by atoms with Crippen LogP contribution in [0.4, 0.5) is 16.3 Å². The summed E-state index contributed by atoms with van der Waals surface area (Å²) in [6.07, 6.45) is 0.889. The van der Waals surface area contributed by atoms with Crippen LogP contribution < -0.4 is 10.6 Å². The molecule has 4 rings (SSSR count). The van der Waals surface area contributed by atoms with E-state index in [1.165, 1.54) is 10.5 Å². The average molecular weight is 419 g/mol. The van der Waals surface area contributed by atoms with Crippen LogP contribution in [0.15, 0.2) is 29.2 Å². The summed E-state index contributed by atoms with van der Waals surface area (Å²) in [5.41, 5.74) is 3.35. The van der Waals surface area contributed by atoms with Gasteiger partial charge in [0.2, 0.25) is 0 Å². The van der Waals surface area contributed by atoms with Gasteiger partial charge in [0, 0.05) is 34.9 Å². The number of carbonyl (C=O) groups is 1. The minimum atomic E-state index is -0.401. The Morgan fingerprint density at radius 1 is 1.38 bits per heavy atom. The molecule has 2 atom stereocenters. The van der Waals surface area contributed by atoms with Gasteiger partial charge in [-0.2, -0.15) is 5.10 Å². The van der Waals surface area contributed by atoms with Crippen molar-refractivity contribution in [2.24, 2.45) is 0 Å². The van der Waals surface area contributed by atoms with E-state index < -0.39 is 6.09 Å². The van der Waals surface area contributed by atoms with Crippen LogP contribution in [-0.4, -0.2) is 40.8 Å². The number of ether oxygens (including phenoxy) is 2. The number of rotatable bonds is 5. The van der Waals surface area contributed by atoms with E-state index in [9.17, 15) is 4.79 Å². The highest BCUT2D eigenvalue weighted by Gasteiger charge is 2.31. The number of H-pyrrole nitrogens is 1. The number of thioether (sulfide) groups is 1. The molecule has 158 valence electrons. The van der Waals surface area contributed by atoms with Crippen molar-refractivity contribution in [1.29, 1.82) is 0 Å². The average Bonchev–Trinajstić information content (AvgIpc) is 3.43. The van der Waals surface area contributed by atoms with Crippen LogP contribution in [0.5, 0.6) is 0 Å². The van der Waals surface area contributed by atoms with Crippen LogP contribution in [0.3, 0.4) is 0 Å². The standard InChI is InChI=1S/C19H24N4O3S.C2H6/c1-11(2)20-19(24)26-12-8-16(25-10-12)15-9-18(23-22-15)21-14-4-3-5-17-13(14)6-7-27-17;1-2/h3-5,9,11-12,16H,6-8,10H2,1-2H3,(H,20,24)(H2,21,22,23);1-2H3. The van der Waals surface area contributed by atoms with Gasteiger partial charge in [0.1, 0.15) is 12.2 Å². The fourth-order valence-electron chi connectivity index (χ4n) is 3.36. The van der Waals surface area contributed by atoms with Crippen LogP contribution in [0.2, 0.25) is 0 Å². The van der Waals surface area contributed by atoms with Gasteiger partial charge < -0.3 is 20.1 Å². The summed E-state index contributed by atoms with van der Waals surface area (Å²) in [4.78, 5) is 13.1. The molecule has 1 fully saturated rings. The van der Waals surface area contributed by atoms with Crippen molar-refractivity contribution >= 4 is 29.4 Å². The van der Waals surface area contributed by atoms with E-state index in [4.69, 9.17) is 9.47 Å². The summed E-state index contributed by atoms with van der Waals surface area (Å²) >= 11 is 1.89. The van der Waals surface area contributed by atoms with Crippen molar-refractivity contribution in [1.82, 2.24) is 15.5 Å². The predicted octanol–water partition coefficient (Wildman–Crippen LogP) is 4.79. The van der Waals surface area contributed by atoms with Gasteiger partial charge in [0.25, 0.3) is 0 Å². The first-order valence-electron chi connectivity index (χ1n) is 10.2. The highest BCUT2D eigenvalue weighted by molar-refractivity contribution is 7.99. The van der Waals surface area contributed by atoms with Crippen LogP contribution in [0.25, 0.3) is 0 Å². The number of amides is 1. The minimum absolute atomic E-state index is 0.0506. The molecule has 2 unspecified atom stereocenters. The van der Waals surface area contributed by atoms with Gasteiger partial charge in [-0.25, -0.2) is 4.79 Å². The summed E-state index contributed by atoms with van der Waals surface area (Å²) in [6.45, 7) is 8.19. The summed E-state index contributed by atoms with van der Waals surface area (Å²) in [7, 11) is 0. The Bertz CT molecular complexity index is 824. The number of aromatic nitrogens is 2. The maximum atomic E-state index is 11.7. The largest absolute Gasteiger partial charge is 0.444 e. The highest BCUT2D eigenvalue weighted by atomic mass is 32.2. The first-order chi connectivity index (χ1) is 14.1. The Morgan fingerprint density at radius 2 is 2.21 bits per heavy atom. The van der Waals surface area contributed by atoms with Crippen molar-refractivity contribution in [2.45, 2.75) is 63.7 Å². The molecule has 0 radical (unpaired) electrons. The zero-order valence-corrected chi connectivity index (χ0v) is 18.3. The topological polar surface area (TPSA) is 88.3 Å². The number of nitrogens with zero attached hydrogens (tertiary/aromatic N) is 1. The summed E-state index contributed by atoms with van der Waals surface area (Å²) in [5, 5.41) is 13.5. The lowest BCUT2D eigenvalue weighted by Crippen LogP contribution is -2.33. The predicted molar refractivity (Wildman–Crippen MR) is 116 cm³/mol. The zero-order valence-electron chi connectivity index (χ0n) is 17.5. The lowest BCUT2D eigenvalue weighted by molar-refractivity contribution is 0.0682. The maximum absolute atomic E-state index is 11.7. The first-order valence-corrected chi connectivity index (χ1v) is 11.2. The molecule has 0 bridgehead atoms. The third kappa shape index (κ3) is 5.45. The Hall–Kier alpha value is -2.19. The van der Waals surface area contributed by atoms with Crippen LogP contribution in [0.1, 0.15) is 51.5 Å². The van der Waals surface area contributed by atoms with Gasteiger partial charge >= 0.3 is 6.09 Å². The molecule has 29 heavy (non-hydrogen) atoms. The van der Waals surface area contributed by atoms with Crippen LogP contribution in [-0.2, 0) is 15.9 Å². The highest BCUT2D eigenvalue weighted by Crippen LogP contribution is 2.37. The molecule has 2 aromatic rings. The van der Waals surface area contributed by atoms with Gasteiger partial charge in [-0.15, -0.1) is 11.8 Å². The molecule has 8 heteroatoms. The minimum Gasteiger partial charge on any atom is -0.444 e. The van der Waals surface area contributed by atoms with E-state index in [1.54, 1.807) is 0 Å². The normalized spacial score (nSPS) is 20.0. The van der Waals surface area contributed by atoms with Gasteiger partial charge in [0.05, 0.1) is 12.3 Å². The fraction of sp³-hybridized carbons (Fsp3) is 0.524. The summed E-state index contributed by atoms with van der Waals surface area (Å²) in [6, 6.07) is 8.33. The Balaban J connectivity index is 0.00000117. The summed E-state index contributed by atoms with van der Waals surface area (Å²) < 4.78 is 11.2. The van der Waals surface area contributed by atoms with Gasteiger partial charge in [-0.3, -0.25) is 5.10 Å². The van der Waals surface area contributed by atoms with E-state index in [1.807, 2.05) is 45.5 Å². The fourth-order valence-corrected chi connectivity index (χ4v) is 4.45. The number of benzene rings is 1. The van der Waals surface area contributed by atoms with E-state index in [0.717, 1.165) is 29.4 Å². The molecule has 1 aromatic heterocycles. The lowest BCUT2D eigenvalue weighted by Gasteiger charge is -2.13. The molecule has 1 aromatic carbocycles. The third-order valence-electron chi connectivity index (χ3n) is 4.59. The molecule has 0 aliphatic carbocycles. The molecular weight excluding hydrogens is 388 g/mol. The third-order valence-corrected chi connectivity index (χ3v) is 5.69. The second-order valence-electron chi connectivity index (χ2n) is 7.10. The molecule has 2 aliphatic heterocycles. The number of alkyl carbamates (subject to hydrolysis) is 1. The lowest BCUT2D eigenvalue weighted by atomic mass is 10.1. The first kappa shape index (κ1) is 21.5. The molecule has 0 spiro atoms. The number of hydrogen-bond acceptors (Lipinski definition) is 6. The second kappa shape index (κ2) is 10.0. The molecule has 2 aliphatic rings. The number of anilines is 2. The maximum Gasteiger partial charge on any atom is 0.407 e. The molecule has 3 heterocycles. The van der Waals surface area contributed by atoms with E-state index in [2.05, 4.69) is 39.0 Å². The van der Waals surface area contributed by atoms with Crippen molar-refractivity contribution in [3.63, 3.8) is 0 Å². The van der Waals surface area contributed by atoms with Crippen molar-refractivity contribution in [3.8, 4) is 0 Å². The Labute approximate surface area is 176 Å². The number of hydrogen-bond donors (Lipinski definition) is 3. The molecule has 1 saturated heterocycles. The Kier molecular flexibility index (Phi) is 7.44. The molecule has 1 amide bonds. The molecular formula is C21H30N4O3S. The van der Waals surface area contributed by atoms with Crippen molar-refractivity contribution < 1.29 is 14.3 Å². The van der Waals surface area contributed by atoms with E-state index in [-0.39, 0.29) is 18.2 Å².